The second kappa shape index (κ2) is 21.7. The largest absolute Gasteiger partial charge is 0.354 e. The van der Waals surface area contributed by atoms with Gasteiger partial charge in [-0.05, 0) is 46.3 Å². The molecule has 1 N–H and O–H groups in total. The fraction of sp³-hybridized carbons (Fsp3) is 0.260. The summed E-state index contributed by atoms with van der Waals surface area (Å²) >= 11 is 3.83. The van der Waals surface area contributed by atoms with Crippen LogP contribution in [-0.4, -0.2) is 56.3 Å². The molecule has 0 heterocycles. The fourth-order valence-electron chi connectivity index (χ4n) is 7.62. The highest BCUT2D eigenvalue weighted by Crippen LogP contribution is 2.49. The van der Waals surface area contributed by atoms with Gasteiger partial charge in [0.2, 0.25) is 5.91 Å². The molecule has 1 amide bonds. The van der Waals surface area contributed by atoms with Crippen LogP contribution in [0.15, 0.2) is 182 Å². The Bertz CT molecular complexity index is 1790. The molecule has 0 spiro atoms. The van der Waals surface area contributed by atoms with Crippen molar-refractivity contribution < 1.29 is 4.79 Å². The van der Waals surface area contributed by atoms with E-state index >= 15 is 0 Å². The lowest BCUT2D eigenvalue weighted by Crippen LogP contribution is -2.40. The van der Waals surface area contributed by atoms with Gasteiger partial charge in [0.05, 0.1) is 23.9 Å². The first-order chi connectivity index (χ1) is 27.7. The Morgan fingerprint density at radius 1 is 0.464 bits per heavy atom. The van der Waals surface area contributed by atoms with Crippen molar-refractivity contribution in [1.29, 1.82) is 0 Å². The molecule has 56 heavy (non-hydrogen) atoms. The molecule has 0 unspecified atom stereocenters. The third-order valence-corrected chi connectivity index (χ3v) is 13.4. The molecular weight excluding hydrogens is 720 g/mol. The first kappa shape index (κ1) is 41.2. The molecule has 6 heteroatoms. The molecule has 3 nitrogen and oxygen atoms in total. The van der Waals surface area contributed by atoms with Crippen molar-refractivity contribution in [1.82, 2.24) is 10.2 Å². The molecule has 6 aromatic carbocycles. The molecule has 6 aromatic rings. The van der Waals surface area contributed by atoms with Gasteiger partial charge in [0, 0.05) is 24.6 Å². The minimum absolute atomic E-state index is 0.0720. The average Bonchev–Trinajstić information content (AvgIpc) is 3.27. The van der Waals surface area contributed by atoms with Crippen molar-refractivity contribution in [3.63, 3.8) is 0 Å². The topological polar surface area (TPSA) is 32.3 Å². The molecule has 0 aliphatic rings. The fourth-order valence-corrected chi connectivity index (χ4v) is 10.6. The van der Waals surface area contributed by atoms with Gasteiger partial charge < -0.3 is 5.32 Å². The summed E-state index contributed by atoms with van der Waals surface area (Å²) in [5.74, 6) is 1.69. The number of carbonyl (C=O) groups is 1. The van der Waals surface area contributed by atoms with Gasteiger partial charge in [-0.25, -0.2) is 0 Å². The summed E-state index contributed by atoms with van der Waals surface area (Å²) in [7, 11) is 5.80. The standard InChI is InChI=1S/C50H53BN2OS2/c51-35-21-1-2-22-37-53(38-40-56-50(45-29-15-6-16-30-45,46-31-17-7-18-32-46)47-33-19-8-20-34-47)41-48(54)52-36-39-55-49(42-23-9-3-10-24-42,43-25-11-4-12-26-43)44-27-13-5-14-28-44/h3-20,23-34H,1-2,21-22,35-41H2,(H,52,54). The van der Waals surface area contributed by atoms with Gasteiger partial charge in [0.15, 0.2) is 0 Å². The van der Waals surface area contributed by atoms with Crippen LogP contribution in [0, 0.1) is 0 Å². The molecular formula is C50H53BN2OS2. The highest BCUT2D eigenvalue weighted by Gasteiger charge is 2.38. The second-order valence-corrected chi connectivity index (χ2v) is 16.7. The summed E-state index contributed by atoms with van der Waals surface area (Å²) < 4.78 is -0.803. The number of hydrogen-bond acceptors (Lipinski definition) is 4. The molecule has 0 fully saturated rings. The van der Waals surface area contributed by atoms with Gasteiger partial charge in [-0.1, -0.05) is 208 Å². The Kier molecular flexibility index (Phi) is 16.0. The number of amides is 1. The minimum Gasteiger partial charge on any atom is -0.354 e. The highest BCUT2D eigenvalue weighted by molar-refractivity contribution is 8.00. The van der Waals surface area contributed by atoms with Gasteiger partial charge in [-0.15, -0.1) is 23.5 Å². The third kappa shape index (κ3) is 10.5. The van der Waals surface area contributed by atoms with E-state index in [0.717, 1.165) is 56.6 Å². The molecule has 0 aromatic heterocycles. The van der Waals surface area contributed by atoms with E-state index in [1.54, 1.807) is 0 Å². The lowest BCUT2D eigenvalue weighted by atomic mass is 9.84. The van der Waals surface area contributed by atoms with Crippen LogP contribution in [0.4, 0.5) is 0 Å². The van der Waals surface area contributed by atoms with Crippen LogP contribution >= 0.6 is 23.5 Å². The maximum Gasteiger partial charge on any atom is 0.234 e. The number of unbranched alkanes of at least 4 members (excludes halogenated alkanes) is 3. The van der Waals surface area contributed by atoms with Crippen LogP contribution in [0.5, 0.6) is 0 Å². The SMILES string of the molecule is [B]CCCCCCN(CCSC(c1ccccc1)(c1ccccc1)c1ccccc1)CC(=O)NCCSC(c1ccccc1)(c1ccccc1)c1ccccc1. The normalized spacial score (nSPS) is 11.7. The van der Waals surface area contributed by atoms with E-state index in [2.05, 4.69) is 192 Å². The van der Waals surface area contributed by atoms with Crippen molar-refractivity contribution in [2.24, 2.45) is 0 Å². The number of nitrogens with zero attached hydrogens (tertiary/aromatic N) is 1. The van der Waals surface area contributed by atoms with Crippen molar-refractivity contribution in [2.75, 3.05) is 37.7 Å². The number of carbonyl (C=O) groups excluding carboxylic acids is 1. The Balaban J connectivity index is 1.16. The smallest absolute Gasteiger partial charge is 0.234 e. The van der Waals surface area contributed by atoms with Crippen LogP contribution in [0.3, 0.4) is 0 Å². The highest BCUT2D eigenvalue weighted by atomic mass is 32.2. The van der Waals surface area contributed by atoms with E-state index in [4.69, 9.17) is 7.85 Å². The number of thioether (sulfide) groups is 2. The summed E-state index contributed by atoms with van der Waals surface area (Å²) in [6.07, 6.45) is 5.04. The van der Waals surface area contributed by atoms with E-state index in [1.807, 2.05) is 23.5 Å². The van der Waals surface area contributed by atoms with Crippen LogP contribution in [0.25, 0.3) is 0 Å². The minimum atomic E-state index is -0.413. The third-order valence-electron chi connectivity index (χ3n) is 10.3. The summed E-state index contributed by atoms with van der Waals surface area (Å²) in [5, 5.41) is 3.31. The van der Waals surface area contributed by atoms with E-state index in [-0.39, 0.29) is 5.91 Å². The Morgan fingerprint density at radius 2 is 0.804 bits per heavy atom. The molecule has 0 aliphatic heterocycles. The van der Waals surface area contributed by atoms with E-state index in [0.29, 0.717) is 13.1 Å². The van der Waals surface area contributed by atoms with Gasteiger partial charge >= 0.3 is 0 Å². The number of nitrogens with one attached hydrogen (secondary N) is 1. The van der Waals surface area contributed by atoms with Crippen molar-refractivity contribution in [3.8, 4) is 0 Å². The maximum absolute atomic E-state index is 13.8. The molecule has 0 aliphatic carbocycles. The van der Waals surface area contributed by atoms with E-state index in [1.165, 1.54) is 33.4 Å². The summed E-state index contributed by atoms with van der Waals surface area (Å²) in [5.41, 5.74) is 7.44. The monoisotopic (exact) mass is 772 g/mol. The van der Waals surface area contributed by atoms with E-state index < -0.39 is 9.49 Å². The zero-order valence-electron chi connectivity index (χ0n) is 32.3. The zero-order chi connectivity index (χ0) is 38.7. The molecule has 0 saturated carbocycles. The molecule has 6 rings (SSSR count). The number of hydrogen-bond donors (Lipinski definition) is 1. The predicted molar refractivity (Wildman–Crippen MR) is 242 cm³/mol. The average molecular weight is 773 g/mol. The first-order valence-corrected chi connectivity index (χ1v) is 21.9. The summed E-state index contributed by atoms with van der Waals surface area (Å²) in [6, 6.07) is 64.8. The van der Waals surface area contributed by atoms with Crippen molar-refractivity contribution in [3.05, 3.63) is 215 Å². The Hall–Kier alpha value is -4.49. The van der Waals surface area contributed by atoms with Crippen LogP contribution in [-0.2, 0) is 14.3 Å². The Morgan fingerprint density at radius 3 is 1.16 bits per heavy atom. The quantitative estimate of drug-likeness (QED) is 0.0423. The lowest BCUT2D eigenvalue weighted by molar-refractivity contribution is -0.122. The molecule has 0 saturated heterocycles. The van der Waals surface area contributed by atoms with Crippen LogP contribution in [0.1, 0.15) is 59.1 Å². The van der Waals surface area contributed by atoms with Gasteiger partial charge in [-0.2, -0.15) is 0 Å². The van der Waals surface area contributed by atoms with E-state index in [9.17, 15) is 4.79 Å². The van der Waals surface area contributed by atoms with Crippen molar-refractivity contribution in [2.45, 2.75) is 41.5 Å². The van der Waals surface area contributed by atoms with Crippen LogP contribution in [0.2, 0.25) is 6.32 Å². The second-order valence-electron chi connectivity index (χ2n) is 14.1. The molecule has 284 valence electrons. The predicted octanol–water partition coefficient (Wildman–Crippen LogP) is 11.0. The Labute approximate surface area is 345 Å². The number of rotatable bonds is 22. The first-order valence-electron chi connectivity index (χ1n) is 20.0. The van der Waals surface area contributed by atoms with Crippen molar-refractivity contribution >= 4 is 37.3 Å². The molecule has 2 radical (unpaired) electrons. The van der Waals surface area contributed by atoms with Gasteiger partial charge in [0.25, 0.3) is 0 Å². The zero-order valence-corrected chi connectivity index (χ0v) is 34.0. The number of benzene rings is 6. The van der Waals surface area contributed by atoms with Crippen LogP contribution < -0.4 is 5.32 Å². The lowest BCUT2D eigenvalue weighted by Gasteiger charge is -2.36. The molecule has 0 bridgehead atoms. The summed E-state index contributed by atoms with van der Waals surface area (Å²) in [4.78, 5) is 16.1. The van der Waals surface area contributed by atoms with Gasteiger partial charge in [-0.3, -0.25) is 9.69 Å². The molecule has 0 atom stereocenters. The maximum atomic E-state index is 13.8. The summed E-state index contributed by atoms with van der Waals surface area (Å²) in [6.45, 7) is 2.63. The van der Waals surface area contributed by atoms with Gasteiger partial charge in [0.1, 0.15) is 0 Å².